The Kier molecular flexibility index (Phi) is 9.17. The van der Waals surface area contributed by atoms with Gasteiger partial charge in [-0.3, -0.25) is 19.2 Å². The second kappa shape index (κ2) is 12.9. The van der Waals surface area contributed by atoms with Crippen LogP contribution >= 0.6 is 23.2 Å². The molecule has 43 heavy (non-hydrogen) atoms. The number of hydrogen-bond donors (Lipinski definition) is 3. The van der Waals surface area contributed by atoms with Crippen LogP contribution in [0.3, 0.4) is 0 Å². The van der Waals surface area contributed by atoms with E-state index >= 15 is 0 Å². The maximum atomic E-state index is 13.6. The van der Waals surface area contributed by atoms with Gasteiger partial charge in [-0.15, -0.1) is 0 Å². The Labute approximate surface area is 260 Å². The number of halogens is 2. The van der Waals surface area contributed by atoms with Crippen molar-refractivity contribution in [2.75, 3.05) is 39.8 Å². The summed E-state index contributed by atoms with van der Waals surface area (Å²) in [7, 11) is 1.50. The van der Waals surface area contributed by atoms with E-state index in [-0.39, 0.29) is 61.1 Å². The number of benzene rings is 2. The lowest BCUT2D eigenvalue weighted by molar-refractivity contribution is -0.139. The summed E-state index contributed by atoms with van der Waals surface area (Å²) < 4.78 is 5.70. The first kappa shape index (κ1) is 30.7. The number of hydrogen-bond acceptors (Lipinski definition) is 5. The van der Waals surface area contributed by atoms with E-state index in [9.17, 15) is 19.2 Å². The number of amides is 4. The molecule has 3 heterocycles. The van der Waals surface area contributed by atoms with Gasteiger partial charge in [0.05, 0.1) is 30.0 Å². The van der Waals surface area contributed by atoms with Crippen molar-refractivity contribution in [2.24, 2.45) is 17.8 Å². The van der Waals surface area contributed by atoms with E-state index < -0.39 is 5.92 Å². The zero-order valence-electron chi connectivity index (χ0n) is 24.3. The zero-order valence-corrected chi connectivity index (χ0v) is 25.8. The number of rotatable bonds is 8. The normalized spacial score (nSPS) is 19.8. The Bertz CT molecular complexity index is 1560. The highest BCUT2D eigenvalue weighted by atomic mass is 35.5. The average Bonchev–Trinajstić information content (AvgIpc) is 3.59. The molecule has 0 saturated carbocycles. The topological polar surface area (TPSA) is 124 Å². The van der Waals surface area contributed by atoms with E-state index in [1.165, 1.54) is 7.05 Å². The number of piperidine rings is 1. The predicted octanol–water partition coefficient (Wildman–Crippen LogP) is 3.51. The number of nitrogens with zero attached hydrogens (tertiary/aromatic N) is 2. The second-order valence-electron chi connectivity index (χ2n) is 11.4. The minimum absolute atomic E-state index is 0.0626. The van der Waals surface area contributed by atoms with Crippen molar-refractivity contribution in [2.45, 2.75) is 26.4 Å². The van der Waals surface area contributed by atoms with E-state index in [1.54, 1.807) is 40.3 Å². The maximum Gasteiger partial charge on any atom is 0.253 e. The first-order valence-corrected chi connectivity index (χ1v) is 15.1. The first-order chi connectivity index (χ1) is 20.5. The molecule has 228 valence electrons. The molecule has 1 aromatic heterocycles. The molecule has 3 atom stereocenters. The third-order valence-electron chi connectivity index (χ3n) is 8.17. The number of ether oxygens (including phenoxy) is 1. The SMILES string of the molecule is CNC(=O)CNC(=O)C1CN(C(=O)Cc2c[nH]c3cc(Cl)ccc23)CC2CN(C(=O)c3ccc(OC(C)C)c(Cl)c3)CC21. The Balaban J connectivity index is 1.34. The van der Waals surface area contributed by atoms with Crippen LogP contribution in [0.25, 0.3) is 10.9 Å². The van der Waals surface area contributed by atoms with Crippen LogP contribution in [0.5, 0.6) is 5.75 Å². The van der Waals surface area contributed by atoms with Crippen LogP contribution in [0.15, 0.2) is 42.6 Å². The minimum atomic E-state index is -0.586. The molecule has 2 saturated heterocycles. The van der Waals surface area contributed by atoms with Crippen molar-refractivity contribution in [3.8, 4) is 5.75 Å². The van der Waals surface area contributed by atoms with E-state index in [1.807, 2.05) is 26.0 Å². The van der Waals surface area contributed by atoms with E-state index in [0.717, 1.165) is 16.5 Å². The molecule has 3 unspecified atom stereocenters. The van der Waals surface area contributed by atoms with Crippen molar-refractivity contribution in [3.05, 3.63) is 63.8 Å². The smallest absolute Gasteiger partial charge is 0.253 e. The average molecular weight is 629 g/mol. The van der Waals surface area contributed by atoms with Gasteiger partial charge in [0, 0.05) is 60.9 Å². The molecular formula is C31H35Cl2N5O5. The second-order valence-corrected chi connectivity index (χ2v) is 12.3. The van der Waals surface area contributed by atoms with Crippen LogP contribution in [0.2, 0.25) is 10.0 Å². The van der Waals surface area contributed by atoms with Gasteiger partial charge in [0.1, 0.15) is 5.75 Å². The van der Waals surface area contributed by atoms with E-state index in [2.05, 4.69) is 15.6 Å². The molecule has 2 aliphatic heterocycles. The quantitative estimate of drug-likeness (QED) is 0.353. The van der Waals surface area contributed by atoms with Gasteiger partial charge >= 0.3 is 0 Å². The molecule has 0 radical (unpaired) electrons. The van der Waals surface area contributed by atoms with Gasteiger partial charge in [0.25, 0.3) is 5.91 Å². The van der Waals surface area contributed by atoms with Crippen molar-refractivity contribution in [1.29, 1.82) is 0 Å². The number of fused-ring (bicyclic) bond motifs is 2. The molecule has 10 nitrogen and oxygen atoms in total. The molecule has 0 spiro atoms. The van der Waals surface area contributed by atoms with E-state index in [4.69, 9.17) is 27.9 Å². The molecule has 12 heteroatoms. The Morgan fingerprint density at radius 3 is 2.51 bits per heavy atom. The van der Waals surface area contributed by atoms with Crippen LogP contribution < -0.4 is 15.4 Å². The molecule has 0 aliphatic carbocycles. The van der Waals surface area contributed by atoms with Gasteiger partial charge in [0.15, 0.2) is 0 Å². The van der Waals surface area contributed by atoms with Gasteiger partial charge < -0.3 is 30.2 Å². The van der Waals surface area contributed by atoms with E-state index in [0.29, 0.717) is 41.0 Å². The van der Waals surface area contributed by atoms with Gasteiger partial charge in [-0.2, -0.15) is 0 Å². The van der Waals surface area contributed by atoms with Crippen molar-refractivity contribution < 1.29 is 23.9 Å². The number of nitrogens with one attached hydrogen (secondary N) is 3. The highest BCUT2D eigenvalue weighted by Crippen LogP contribution is 2.37. The van der Waals surface area contributed by atoms with Crippen LogP contribution in [-0.2, 0) is 20.8 Å². The van der Waals surface area contributed by atoms with Crippen molar-refractivity contribution >= 4 is 57.7 Å². The monoisotopic (exact) mass is 627 g/mol. The summed E-state index contributed by atoms with van der Waals surface area (Å²) >= 11 is 12.5. The van der Waals surface area contributed by atoms with Crippen molar-refractivity contribution in [1.82, 2.24) is 25.4 Å². The number of likely N-dealkylation sites (N-methyl/N-ethyl adjacent to an activating group) is 1. The van der Waals surface area contributed by atoms with Gasteiger partial charge in [-0.25, -0.2) is 0 Å². The minimum Gasteiger partial charge on any atom is -0.489 e. The lowest BCUT2D eigenvalue weighted by Crippen LogP contribution is -2.54. The molecule has 2 fully saturated rings. The number of carbonyl (C=O) groups excluding carboxylic acids is 4. The van der Waals surface area contributed by atoms with Crippen LogP contribution in [0, 0.1) is 17.8 Å². The number of carbonyl (C=O) groups is 4. The maximum absolute atomic E-state index is 13.6. The number of aromatic nitrogens is 1. The lowest BCUT2D eigenvalue weighted by Gasteiger charge is -2.39. The summed E-state index contributed by atoms with van der Waals surface area (Å²) in [5.41, 5.74) is 2.10. The van der Waals surface area contributed by atoms with Gasteiger partial charge in [0.2, 0.25) is 17.7 Å². The predicted molar refractivity (Wildman–Crippen MR) is 164 cm³/mol. The van der Waals surface area contributed by atoms with Gasteiger partial charge in [-0.05, 0) is 61.6 Å². The number of likely N-dealkylation sites (tertiary alicyclic amines) is 2. The summed E-state index contributed by atoms with van der Waals surface area (Å²) in [5, 5.41) is 7.07. The fourth-order valence-electron chi connectivity index (χ4n) is 6.06. The largest absolute Gasteiger partial charge is 0.489 e. The lowest BCUT2D eigenvalue weighted by atomic mass is 9.79. The summed E-state index contributed by atoms with van der Waals surface area (Å²) in [6, 6.07) is 10.4. The standard InChI is InChI=1S/C31H35Cl2N5O5/c1-17(2)43-27-7-4-18(8-25(27)33)31(42)38-14-20-13-37(16-24(23(20)15-38)30(41)36-12-28(39)34-3)29(40)9-19-11-35-26-10-21(32)5-6-22(19)26/h4-8,10-11,17,20,23-24,35H,9,12-16H2,1-3H3,(H,34,39)(H,36,41). The molecule has 5 rings (SSSR count). The molecule has 3 N–H and O–H groups in total. The Hall–Kier alpha value is -3.76. The summed E-state index contributed by atoms with van der Waals surface area (Å²) in [6.45, 7) is 4.99. The van der Waals surface area contributed by atoms with Crippen LogP contribution in [0.4, 0.5) is 0 Å². The number of H-pyrrole nitrogens is 1. The van der Waals surface area contributed by atoms with Crippen LogP contribution in [0.1, 0.15) is 29.8 Å². The molecule has 2 aliphatic rings. The molecule has 2 aromatic carbocycles. The summed E-state index contributed by atoms with van der Waals surface area (Å²) in [4.78, 5) is 59.0. The molecular weight excluding hydrogens is 593 g/mol. The number of aromatic amines is 1. The third-order valence-corrected chi connectivity index (χ3v) is 8.70. The Morgan fingerprint density at radius 2 is 1.79 bits per heavy atom. The molecule has 0 bridgehead atoms. The fourth-order valence-corrected chi connectivity index (χ4v) is 6.45. The summed E-state index contributed by atoms with van der Waals surface area (Å²) in [5.74, 6) is -1.32. The highest BCUT2D eigenvalue weighted by Gasteiger charge is 2.47. The van der Waals surface area contributed by atoms with Gasteiger partial charge in [-0.1, -0.05) is 29.3 Å². The fraction of sp³-hybridized carbons (Fsp3) is 0.419. The van der Waals surface area contributed by atoms with Crippen LogP contribution in [-0.4, -0.2) is 84.3 Å². The van der Waals surface area contributed by atoms with Crippen molar-refractivity contribution in [3.63, 3.8) is 0 Å². The highest BCUT2D eigenvalue weighted by molar-refractivity contribution is 6.32. The zero-order chi connectivity index (χ0) is 30.8. The molecule has 3 aromatic rings. The molecule has 4 amide bonds. The first-order valence-electron chi connectivity index (χ1n) is 14.3. The summed E-state index contributed by atoms with van der Waals surface area (Å²) in [6.07, 6.45) is 1.89. The Morgan fingerprint density at radius 1 is 1.02 bits per heavy atom. The third kappa shape index (κ3) is 6.75.